The number of carbonyl (C=O) groups is 1. The van der Waals surface area contributed by atoms with Gasteiger partial charge in [-0.25, -0.2) is 8.78 Å². The molecule has 1 heterocycles. The minimum Gasteiger partial charge on any atom is -0.393 e. The molecule has 0 spiro atoms. The molecule has 0 saturated carbocycles. The quantitative estimate of drug-likeness (QED) is 0.810. The van der Waals surface area contributed by atoms with Crippen LogP contribution in [0.15, 0.2) is 42.5 Å². The van der Waals surface area contributed by atoms with E-state index in [1.807, 2.05) is 0 Å². The van der Waals surface area contributed by atoms with E-state index in [1.54, 1.807) is 29.2 Å². The molecule has 5 heteroatoms. The second kappa shape index (κ2) is 7.45. The number of aliphatic hydroxyl groups is 1. The third-order valence-electron chi connectivity index (χ3n) is 4.10. The fourth-order valence-corrected chi connectivity index (χ4v) is 2.72. The lowest BCUT2D eigenvalue weighted by Gasteiger charge is -2.29. The molecule has 0 radical (unpaired) electrons. The maximum Gasteiger partial charge on any atom is 0.253 e. The van der Waals surface area contributed by atoms with E-state index >= 15 is 0 Å². The molecule has 2 aromatic carbocycles. The van der Waals surface area contributed by atoms with Crippen LogP contribution < -0.4 is 0 Å². The highest BCUT2D eigenvalue weighted by Gasteiger charge is 2.22. The summed E-state index contributed by atoms with van der Waals surface area (Å²) in [5, 5.41) is 9.50. The monoisotopic (exact) mass is 341 g/mol. The lowest BCUT2D eigenvalue weighted by atomic mass is 10.1. The second-order valence-electron chi connectivity index (χ2n) is 6.01. The fourth-order valence-electron chi connectivity index (χ4n) is 2.72. The highest BCUT2D eigenvalue weighted by atomic mass is 19.1. The Morgan fingerprint density at radius 1 is 0.960 bits per heavy atom. The first-order chi connectivity index (χ1) is 12.0. The number of amides is 1. The van der Waals surface area contributed by atoms with Crippen molar-refractivity contribution in [2.45, 2.75) is 18.9 Å². The number of piperidine rings is 1. The van der Waals surface area contributed by atoms with Gasteiger partial charge in [-0.15, -0.1) is 0 Å². The molecule has 1 aliphatic heterocycles. The van der Waals surface area contributed by atoms with Crippen LogP contribution in [0.2, 0.25) is 0 Å². The smallest absolute Gasteiger partial charge is 0.253 e. The lowest BCUT2D eigenvalue weighted by molar-refractivity contribution is 0.0546. The Morgan fingerprint density at radius 3 is 2.12 bits per heavy atom. The predicted molar refractivity (Wildman–Crippen MR) is 89.9 cm³/mol. The summed E-state index contributed by atoms with van der Waals surface area (Å²) in [7, 11) is 0. The zero-order chi connectivity index (χ0) is 17.8. The first-order valence-corrected chi connectivity index (χ1v) is 8.07. The summed E-state index contributed by atoms with van der Waals surface area (Å²) >= 11 is 0. The molecule has 1 saturated heterocycles. The van der Waals surface area contributed by atoms with Crippen molar-refractivity contribution < 1.29 is 18.7 Å². The Labute approximate surface area is 144 Å². The Balaban J connectivity index is 1.70. The van der Waals surface area contributed by atoms with Gasteiger partial charge in [0.05, 0.1) is 6.10 Å². The van der Waals surface area contributed by atoms with Crippen LogP contribution in [0.5, 0.6) is 0 Å². The van der Waals surface area contributed by atoms with Crippen molar-refractivity contribution in [2.24, 2.45) is 0 Å². The van der Waals surface area contributed by atoms with Gasteiger partial charge < -0.3 is 10.0 Å². The topological polar surface area (TPSA) is 40.5 Å². The molecule has 128 valence electrons. The van der Waals surface area contributed by atoms with Crippen molar-refractivity contribution >= 4 is 5.91 Å². The van der Waals surface area contributed by atoms with Crippen LogP contribution in [-0.2, 0) is 0 Å². The standard InChI is InChI=1S/C20H17F2NO2/c21-17-11-15(12-18(22)13-17)2-1-14-3-5-16(6-4-14)20(25)23-9-7-19(24)8-10-23/h3-6,11-13,19,24H,7-10H2. The van der Waals surface area contributed by atoms with Crippen molar-refractivity contribution in [1.82, 2.24) is 4.90 Å². The molecule has 3 rings (SSSR count). The van der Waals surface area contributed by atoms with E-state index < -0.39 is 11.6 Å². The number of halogens is 2. The number of nitrogens with zero attached hydrogens (tertiary/aromatic N) is 1. The third-order valence-corrected chi connectivity index (χ3v) is 4.10. The fraction of sp³-hybridized carbons (Fsp3) is 0.250. The molecule has 1 N–H and O–H groups in total. The molecule has 2 aromatic rings. The third kappa shape index (κ3) is 4.43. The van der Waals surface area contributed by atoms with Crippen LogP contribution in [0.4, 0.5) is 8.78 Å². The highest BCUT2D eigenvalue weighted by molar-refractivity contribution is 5.94. The molecule has 0 unspecified atom stereocenters. The van der Waals surface area contributed by atoms with Gasteiger partial charge in [-0.1, -0.05) is 11.8 Å². The minimum absolute atomic E-state index is 0.0707. The maximum atomic E-state index is 13.1. The van der Waals surface area contributed by atoms with Crippen molar-refractivity contribution in [3.8, 4) is 11.8 Å². The molecule has 0 bridgehead atoms. The molecule has 0 aliphatic carbocycles. The van der Waals surface area contributed by atoms with Crippen molar-refractivity contribution in [3.63, 3.8) is 0 Å². The zero-order valence-corrected chi connectivity index (χ0v) is 13.5. The minimum atomic E-state index is -0.670. The summed E-state index contributed by atoms with van der Waals surface area (Å²) in [6, 6.07) is 9.90. The van der Waals surface area contributed by atoms with E-state index in [9.17, 15) is 18.7 Å². The van der Waals surface area contributed by atoms with Crippen molar-refractivity contribution in [2.75, 3.05) is 13.1 Å². The molecule has 1 amide bonds. The largest absolute Gasteiger partial charge is 0.393 e. The second-order valence-corrected chi connectivity index (χ2v) is 6.01. The van der Waals surface area contributed by atoms with Gasteiger partial charge in [0.2, 0.25) is 0 Å². The number of likely N-dealkylation sites (tertiary alicyclic amines) is 1. The van der Waals surface area contributed by atoms with Gasteiger partial charge in [0.25, 0.3) is 5.91 Å². The summed E-state index contributed by atoms with van der Waals surface area (Å²) in [6.07, 6.45) is 0.869. The molecule has 1 aliphatic rings. The molecule has 1 fully saturated rings. The number of hydrogen-bond donors (Lipinski definition) is 1. The van der Waals surface area contributed by atoms with E-state index in [4.69, 9.17) is 0 Å². The normalized spacial score (nSPS) is 14.8. The van der Waals surface area contributed by atoms with Gasteiger partial charge in [0, 0.05) is 35.8 Å². The highest BCUT2D eigenvalue weighted by Crippen LogP contribution is 2.14. The number of aliphatic hydroxyl groups excluding tert-OH is 1. The Bertz CT molecular complexity index is 809. The van der Waals surface area contributed by atoms with Gasteiger partial charge in [-0.3, -0.25) is 4.79 Å². The lowest BCUT2D eigenvalue weighted by Crippen LogP contribution is -2.40. The Morgan fingerprint density at radius 2 is 1.52 bits per heavy atom. The molecular formula is C20H17F2NO2. The van der Waals surface area contributed by atoms with E-state index in [0.29, 0.717) is 37.1 Å². The van der Waals surface area contributed by atoms with E-state index in [0.717, 1.165) is 6.07 Å². The van der Waals surface area contributed by atoms with Gasteiger partial charge >= 0.3 is 0 Å². The summed E-state index contributed by atoms with van der Waals surface area (Å²) < 4.78 is 26.3. The Kier molecular flexibility index (Phi) is 5.11. The van der Waals surface area contributed by atoms with Crippen LogP contribution in [-0.4, -0.2) is 35.1 Å². The SMILES string of the molecule is O=C(c1ccc(C#Cc2cc(F)cc(F)c2)cc1)N1CCC(O)CC1. The van der Waals surface area contributed by atoms with Crippen molar-refractivity contribution in [3.05, 3.63) is 70.8 Å². The zero-order valence-electron chi connectivity index (χ0n) is 13.5. The van der Waals surface area contributed by atoms with Crippen LogP contribution in [0.3, 0.4) is 0 Å². The van der Waals surface area contributed by atoms with E-state index in [1.165, 1.54) is 12.1 Å². The van der Waals surface area contributed by atoms with Crippen LogP contribution >= 0.6 is 0 Å². The molecular weight excluding hydrogens is 324 g/mol. The first kappa shape index (κ1) is 17.1. The summed E-state index contributed by atoms with van der Waals surface area (Å²) in [4.78, 5) is 14.1. The molecule has 25 heavy (non-hydrogen) atoms. The average Bonchev–Trinajstić information content (AvgIpc) is 2.60. The van der Waals surface area contributed by atoms with Gasteiger partial charge in [0.15, 0.2) is 0 Å². The summed E-state index contributed by atoms with van der Waals surface area (Å²) in [5.74, 6) is 4.12. The number of rotatable bonds is 1. The van der Waals surface area contributed by atoms with Crippen molar-refractivity contribution in [1.29, 1.82) is 0 Å². The van der Waals surface area contributed by atoms with Crippen LogP contribution in [0, 0.1) is 23.5 Å². The molecule has 0 aromatic heterocycles. The predicted octanol–water partition coefficient (Wildman–Crippen LogP) is 2.96. The maximum absolute atomic E-state index is 13.1. The average molecular weight is 341 g/mol. The summed E-state index contributed by atoms with van der Waals surface area (Å²) in [6.45, 7) is 1.10. The van der Waals surface area contributed by atoms with E-state index in [2.05, 4.69) is 11.8 Å². The van der Waals surface area contributed by atoms with Gasteiger partial charge in [-0.05, 0) is 49.2 Å². The van der Waals surface area contributed by atoms with Crippen LogP contribution in [0.1, 0.15) is 34.3 Å². The summed E-state index contributed by atoms with van der Waals surface area (Å²) in [5.41, 5.74) is 1.46. The number of carbonyl (C=O) groups excluding carboxylic acids is 1. The Hall–Kier alpha value is -2.71. The van der Waals surface area contributed by atoms with Gasteiger partial charge in [-0.2, -0.15) is 0 Å². The van der Waals surface area contributed by atoms with Crippen LogP contribution in [0.25, 0.3) is 0 Å². The number of hydrogen-bond acceptors (Lipinski definition) is 2. The molecule has 3 nitrogen and oxygen atoms in total. The van der Waals surface area contributed by atoms with E-state index in [-0.39, 0.29) is 17.6 Å². The molecule has 0 atom stereocenters. The number of benzene rings is 2. The van der Waals surface area contributed by atoms with Gasteiger partial charge in [0.1, 0.15) is 11.6 Å². The first-order valence-electron chi connectivity index (χ1n) is 8.07.